The molecule has 1 saturated carbocycles. The van der Waals surface area contributed by atoms with Crippen LogP contribution in [0.1, 0.15) is 64.7 Å². The van der Waals surface area contributed by atoms with Crippen molar-refractivity contribution in [2.24, 2.45) is 0 Å². The summed E-state index contributed by atoms with van der Waals surface area (Å²) >= 11 is 0. The molecule has 2 rings (SSSR count). The molecule has 0 N–H and O–H groups in total. The van der Waals surface area contributed by atoms with Crippen LogP contribution in [0.3, 0.4) is 0 Å². The third-order valence-electron chi connectivity index (χ3n) is 4.11. The summed E-state index contributed by atoms with van der Waals surface area (Å²) in [7, 11) is 0. The van der Waals surface area contributed by atoms with E-state index < -0.39 is 11.9 Å². The molecule has 0 aromatic heterocycles. The molecule has 2 fully saturated rings. The summed E-state index contributed by atoms with van der Waals surface area (Å²) < 4.78 is 21.2. The van der Waals surface area contributed by atoms with Crippen molar-refractivity contribution >= 4 is 6.16 Å². The van der Waals surface area contributed by atoms with Crippen molar-refractivity contribution in [1.29, 1.82) is 0 Å². The van der Waals surface area contributed by atoms with Crippen LogP contribution in [0.25, 0.3) is 0 Å². The van der Waals surface area contributed by atoms with E-state index in [1.165, 1.54) is 38.5 Å². The second-order valence-corrected chi connectivity index (χ2v) is 5.93. The summed E-state index contributed by atoms with van der Waals surface area (Å²) in [6, 6.07) is 0. The number of rotatable bonds is 8. The first-order valence-electron chi connectivity index (χ1n) is 8.35. The predicted octanol–water partition coefficient (Wildman–Crippen LogP) is 3.80. The molecular formula is C16H28O5. The standard InChI is InChI=1S/C16H28O5/c1-2-18-15(17)21-16(13-20-16)11-7-8-12-19-14-9-5-3-4-6-10-14/h14H,2-13H2,1H3. The van der Waals surface area contributed by atoms with E-state index in [0.717, 1.165) is 25.9 Å². The molecule has 0 spiro atoms. The third-order valence-corrected chi connectivity index (χ3v) is 4.11. The van der Waals surface area contributed by atoms with E-state index in [0.29, 0.717) is 19.3 Å². The van der Waals surface area contributed by atoms with E-state index in [9.17, 15) is 4.79 Å². The Morgan fingerprint density at radius 1 is 1.19 bits per heavy atom. The van der Waals surface area contributed by atoms with Gasteiger partial charge in [-0.2, -0.15) is 0 Å². The Labute approximate surface area is 127 Å². The van der Waals surface area contributed by atoms with Crippen LogP contribution in [0.2, 0.25) is 0 Å². The molecule has 5 nitrogen and oxygen atoms in total. The van der Waals surface area contributed by atoms with Crippen LogP contribution in [-0.2, 0) is 18.9 Å². The van der Waals surface area contributed by atoms with Crippen LogP contribution in [0.5, 0.6) is 0 Å². The first-order chi connectivity index (χ1) is 10.2. The molecule has 122 valence electrons. The lowest BCUT2D eigenvalue weighted by molar-refractivity contribution is -0.0394. The molecule has 1 atom stereocenters. The van der Waals surface area contributed by atoms with Crippen LogP contribution in [0.15, 0.2) is 0 Å². The van der Waals surface area contributed by atoms with Gasteiger partial charge in [-0.25, -0.2) is 4.79 Å². The molecule has 2 aliphatic rings. The quantitative estimate of drug-likeness (QED) is 0.295. The molecule has 0 aromatic carbocycles. The van der Waals surface area contributed by atoms with Gasteiger partial charge in [-0.15, -0.1) is 0 Å². The minimum atomic E-state index is -0.714. The topological polar surface area (TPSA) is 57.3 Å². The van der Waals surface area contributed by atoms with Crippen molar-refractivity contribution in [3.05, 3.63) is 0 Å². The van der Waals surface area contributed by atoms with Crippen molar-refractivity contribution in [3.8, 4) is 0 Å². The molecule has 1 heterocycles. The van der Waals surface area contributed by atoms with E-state index >= 15 is 0 Å². The van der Waals surface area contributed by atoms with Crippen molar-refractivity contribution < 1.29 is 23.7 Å². The summed E-state index contributed by atoms with van der Waals surface area (Å²) in [6.45, 7) is 3.35. The molecule has 5 heteroatoms. The lowest BCUT2D eigenvalue weighted by Crippen LogP contribution is -2.22. The SMILES string of the molecule is CCOC(=O)OC1(CCCCOC2CCCCCC2)CO1. The second-order valence-electron chi connectivity index (χ2n) is 5.93. The van der Waals surface area contributed by atoms with Gasteiger partial charge >= 0.3 is 6.16 Å². The highest BCUT2D eigenvalue weighted by Gasteiger charge is 2.49. The second kappa shape index (κ2) is 8.59. The van der Waals surface area contributed by atoms with Gasteiger partial charge in [0.1, 0.15) is 6.61 Å². The maximum absolute atomic E-state index is 11.3. The van der Waals surface area contributed by atoms with Gasteiger partial charge in [0, 0.05) is 13.0 Å². The van der Waals surface area contributed by atoms with E-state index in [2.05, 4.69) is 0 Å². The Balaban J connectivity index is 1.52. The monoisotopic (exact) mass is 300 g/mol. The fraction of sp³-hybridized carbons (Fsp3) is 0.938. The summed E-state index contributed by atoms with van der Waals surface area (Å²) in [5.74, 6) is -0.714. The van der Waals surface area contributed by atoms with Gasteiger partial charge in [0.25, 0.3) is 0 Å². The van der Waals surface area contributed by atoms with Gasteiger partial charge in [-0.05, 0) is 32.6 Å². The molecule has 21 heavy (non-hydrogen) atoms. The maximum atomic E-state index is 11.3. The van der Waals surface area contributed by atoms with Crippen LogP contribution >= 0.6 is 0 Å². The summed E-state index contributed by atoms with van der Waals surface area (Å²) in [6.07, 6.45) is 10.2. The van der Waals surface area contributed by atoms with Crippen molar-refractivity contribution in [2.45, 2.75) is 76.6 Å². The summed E-state index contributed by atoms with van der Waals surface area (Å²) in [5, 5.41) is 0. The van der Waals surface area contributed by atoms with E-state index in [4.69, 9.17) is 18.9 Å². The van der Waals surface area contributed by atoms with Gasteiger partial charge in [-0.3, -0.25) is 0 Å². The largest absolute Gasteiger partial charge is 0.510 e. The van der Waals surface area contributed by atoms with Gasteiger partial charge in [-0.1, -0.05) is 25.7 Å². The van der Waals surface area contributed by atoms with E-state index in [1.807, 2.05) is 0 Å². The lowest BCUT2D eigenvalue weighted by Gasteiger charge is -2.16. The molecule has 0 aromatic rings. The summed E-state index contributed by atoms with van der Waals surface area (Å²) in [4.78, 5) is 11.3. The Hall–Kier alpha value is -0.810. The highest BCUT2D eigenvalue weighted by atomic mass is 16.8. The van der Waals surface area contributed by atoms with Crippen molar-refractivity contribution in [3.63, 3.8) is 0 Å². The molecular weight excluding hydrogens is 272 g/mol. The Morgan fingerprint density at radius 3 is 2.52 bits per heavy atom. The molecule has 0 amide bonds. The number of hydrogen-bond acceptors (Lipinski definition) is 5. The number of ether oxygens (including phenoxy) is 4. The minimum absolute atomic E-state index is 0.324. The normalized spacial score (nSPS) is 26.1. The van der Waals surface area contributed by atoms with Gasteiger partial charge in [0.15, 0.2) is 0 Å². The third kappa shape index (κ3) is 6.22. The summed E-state index contributed by atoms with van der Waals surface area (Å²) in [5.41, 5.74) is 0. The fourth-order valence-corrected chi connectivity index (χ4v) is 2.79. The average molecular weight is 300 g/mol. The van der Waals surface area contributed by atoms with Crippen LogP contribution < -0.4 is 0 Å². The Bertz CT molecular complexity index is 306. The van der Waals surface area contributed by atoms with Crippen molar-refractivity contribution in [2.75, 3.05) is 19.8 Å². The van der Waals surface area contributed by atoms with Gasteiger partial charge < -0.3 is 18.9 Å². The fourth-order valence-electron chi connectivity index (χ4n) is 2.79. The zero-order valence-electron chi connectivity index (χ0n) is 13.1. The lowest BCUT2D eigenvalue weighted by atomic mass is 10.1. The highest BCUT2D eigenvalue weighted by Crippen LogP contribution is 2.34. The smallest absolute Gasteiger partial charge is 0.435 e. The Kier molecular flexibility index (Phi) is 6.77. The highest BCUT2D eigenvalue weighted by molar-refractivity contribution is 5.60. The zero-order chi connectivity index (χ0) is 15.0. The zero-order valence-corrected chi connectivity index (χ0v) is 13.1. The molecule has 1 aliphatic heterocycles. The maximum Gasteiger partial charge on any atom is 0.510 e. The number of carbonyl (C=O) groups is 1. The van der Waals surface area contributed by atoms with Gasteiger partial charge in [0.05, 0.1) is 12.7 Å². The number of unbranched alkanes of at least 4 members (excludes halogenated alkanes) is 1. The molecule has 0 radical (unpaired) electrons. The molecule has 1 aliphatic carbocycles. The average Bonchev–Trinajstić information content (AvgIpc) is 3.24. The number of epoxide rings is 1. The van der Waals surface area contributed by atoms with Crippen LogP contribution in [0, 0.1) is 0 Å². The van der Waals surface area contributed by atoms with E-state index in [1.54, 1.807) is 6.92 Å². The first-order valence-corrected chi connectivity index (χ1v) is 8.35. The van der Waals surface area contributed by atoms with Crippen LogP contribution in [-0.4, -0.2) is 37.9 Å². The Morgan fingerprint density at radius 2 is 1.90 bits per heavy atom. The van der Waals surface area contributed by atoms with Gasteiger partial charge in [0.2, 0.25) is 5.79 Å². The molecule has 0 bridgehead atoms. The predicted molar refractivity (Wildman–Crippen MR) is 78.1 cm³/mol. The van der Waals surface area contributed by atoms with E-state index in [-0.39, 0.29) is 0 Å². The number of hydrogen-bond donors (Lipinski definition) is 0. The first kappa shape index (κ1) is 16.6. The van der Waals surface area contributed by atoms with Crippen LogP contribution in [0.4, 0.5) is 4.79 Å². The minimum Gasteiger partial charge on any atom is -0.435 e. The van der Waals surface area contributed by atoms with Crippen molar-refractivity contribution in [1.82, 2.24) is 0 Å². The molecule has 1 saturated heterocycles. The number of carbonyl (C=O) groups excluding carboxylic acids is 1. The molecule has 1 unspecified atom stereocenters.